The second-order valence-electron chi connectivity index (χ2n) is 4.35. The van der Waals surface area contributed by atoms with Gasteiger partial charge in [0.15, 0.2) is 0 Å². The van der Waals surface area contributed by atoms with Crippen molar-refractivity contribution in [1.29, 1.82) is 0 Å². The second kappa shape index (κ2) is 14.4. The van der Waals surface area contributed by atoms with Gasteiger partial charge in [-0.15, -0.1) is 0 Å². The Kier molecular flexibility index (Phi) is 19.2. The molecule has 0 heterocycles. The zero-order valence-corrected chi connectivity index (χ0v) is 18.0. The molecule has 0 aromatic heterocycles. The summed E-state index contributed by atoms with van der Waals surface area (Å²) < 4.78 is 61.7. The van der Waals surface area contributed by atoms with Crippen LogP contribution >= 0.6 is 0 Å². The maximum atomic E-state index is 10.3. The summed E-state index contributed by atoms with van der Waals surface area (Å²) in [4.78, 5) is 0. The minimum absolute atomic E-state index is 0. The van der Waals surface area contributed by atoms with Gasteiger partial charge in [-0.25, -0.2) is 16.8 Å². The maximum absolute atomic E-state index is 10.3. The Morgan fingerprint density at radius 1 is 0.500 bits per heavy atom. The Morgan fingerprint density at radius 3 is 0.900 bits per heavy atom. The summed E-state index contributed by atoms with van der Waals surface area (Å²) in [6.45, 7) is 0. The van der Waals surface area contributed by atoms with Crippen molar-refractivity contribution in [3.05, 3.63) is 0 Å². The van der Waals surface area contributed by atoms with E-state index in [9.17, 15) is 25.9 Å². The summed E-state index contributed by atoms with van der Waals surface area (Å²) in [7, 11) is -8.16. The van der Waals surface area contributed by atoms with E-state index >= 15 is 0 Å². The average Bonchev–Trinajstić information content (AvgIpc) is 2.17. The summed E-state index contributed by atoms with van der Waals surface area (Å²) in [6, 6.07) is 0. The molecule has 0 bridgehead atoms. The molecule has 0 rings (SSSR count). The summed E-state index contributed by atoms with van der Waals surface area (Å²) in [5.41, 5.74) is 0. The summed E-state index contributed by atoms with van der Waals surface area (Å²) in [5, 5.41) is 0. The van der Waals surface area contributed by atoms with Crippen LogP contribution in [0.1, 0.15) is 51.4 Å². The minimum Gasteiger partial charge on any atom is -0.748 e. The molecule has 0 aromatic rings. The monoisotopic (exact) mass is 346 g/mol. The molecule has 0 fully saturated rings. The van der Waals surface area contributed by atoms with Crippen LogP contribution < -0.4 is 59.1 Å². The largest absolute Gasteiger partial charge is 1.00 e. The van der Waals surface area contributed by atoms with E-state index in [1.807, 2.05) is 0 Å². The molecule has 0 N–H and O–H groups in total. The van der Waals surface area contributed by atoms with Crippen LogP contribution in [0.5, 0.6) is 0 Å². The molecule has 0 saturated carbocycles. The fourth-order valence-corrected chi connectivity index (χ4v) is 2.73. The van der Waals surface area contributed by atoms with Gasteiger partial charge in [0.25, 0.3) is 0 Å². The molecular weight excluding hydrogens is 326 g/mol. The number of hydrogen-bond acceptors (Lipinski definition) is 6. The van der Waals surface area contributed by atoms with E-state index in [4.69, 9.17) is 0 Å². The van der Waals surface area contributed by atoms with Crippen LogP contribution in [0.15, 0.2) is 0 Å². The van der Waals surface area contributed by atoms with Crippen LogP contribution in [0.2, 0.25) is 0 Å². The third-order valence-corrected chi connectivity index (χ3v) is 4.12. The van der Waals surface area contributed by atoms with Gasteiger partial charge in [0.05, 0.1) is 20.2 Å². The van der Waals surface area contributed by atoms with E-state index in [2.05, 4.69) is 0 Å². The predicted octanol–water partition coefficient (Wildman–Crippen LogP) is -4.79. The maximum Gasteiger partial charge on any atom is 1.00 e. The third kappa shape index (κ3) is 24.8. The zero-order chi connectivity index (χ0) is 14.1. The predicted molar refractivity (Wildman–Crippen MR) is 66.1 cm³/mol. The fraction of sp³-hybridized carbons (Fsp3) is 1.00. The molecule has 20 heavy (non-hydrogen) atoms. The summed E-state index contributed by atoms with van der Waals surface area (Å²) >= 11 is 0. The first-order chi connectivity index (χ1) is 8.21. The van der Waals surface area contributed by atoms with Crippen LogP contribution in [0.3, 0.4) is 0 Å². The van der Waals surface area contributed by atoms with Crippen LogP contribution in [0.25, 0.3) is 0 Å². The van der Waals surface area contributed by atoms with Crippen molar-refractivity contribution >= 4 is 20.2 Å². The molecule has 110 valence electrons. The first-order valence-electron chi connectivity index (χ1n) is 6.08. The summed E-state index contributed by atoms with van der Waals surface area (Å²) in [6.07, 6.45) is 5.85. The Hall–Kier alpha value is 1.82. The Labute approximate surface area is 166 Å². The van der Waals surface area contributed by atoms with Crippen molar-refractivity contribution in [2.75, 3.05) is 11.5 Å². The van der Waals surface area contributed by atoms with Gasteiger partial charge in [-0.05, 0) is 12.8 Å². The van der Waals surface area contributed by atoms with Gasteiger partial charge in [0.1, 0.15) is 0 Å². The molecule has 0 amide bonds. The van der Waals surface area contributed by atoms with E-state index in [0.29, 0.717) is 12.8 Å². The minimum atomic E-state index is -4.08. The van der Waals surface area contributed by atoms with E-state index in [-0.39, 0.29) is 70.6 Å². The van der Waals surface area contributed by atoms with Gasteiger partial charge < -0.3 is 9.11 Å². The van der Waals surface area contributed by atoms with Crippen molar-refractivity contribution in [1.82, 2.24) is 0 Å². The van der Waals surface area contributed by atoms with Crippen LogP contribution in [0.4, 0.5) is 0 Å². The Morgan fingerprint density at radius 2 is 0.700 bits per heavy atom. The standard InChI is InChI=1S/C10H22O6S2.2Na/c11-17(12,13)9-7-5-3-1-2-4-6-8-10-18(14,15)16;;/h1-10H2,(H,11,12,13)(H,14,15,16);;/q;2*+1/p-2. The van der Waals surface area contributed by atoms with Gasteiger partial charge in [-0.2, -0.15) is 0 Å². The zero-order valence-electron chi connectivity index (χ0n) is 12.3. The molecule has 0 aliphatic rings. The van der Waals surface area contributed by atoms with Crippen molar-refractivity contribution < 1.29 is 85.1 Å². The van der Waals surface area contributed by atoms with E-state index in [1.54, 1.807) is 0 Å². The first-order valence-corrected chi connectivity index (χ1v) is 9.23. The van der Waals surface area contributed by atoms with Crippen LogP contribution in [-0.2, 0) is 20.2 Å². The normalized spacial score (nSPS) is 11.5. The van der Waals surface area contributed by atoms with E-state index in [1.165, 1.54) is 0 Å². The second-order valence-corrected chi connectivity index (χ2v) is 7.40. The molecule has 10 heteroatoms. The molecule has 0 atom stereocenters. The molecule has 0 spiro atoms. The first kappa shape index (κ1) is 26.7. The van der Waals surface area contributed by atoms with E-state index < -0.39 is 20.2 Å². The topological polar surface area (TPSA) is 114 Å². The number of rotatable bonds is 11. The quantitative estimate of drug-likeness (QED) is 0.211. The molecule has 0 aliphatic carbocycles. The van der Waals surface area contributed by atoms with Crippen molar-refractivity contribution in [2.45, 2.75) is 51.4 Å². The third-order valence-electron chi connectivity index (χ3n) is 2.54. The molecule has 0 saturated heterocycles. The van der Waals surface area contributed by atoms with Gasteiger partial charge in [0, 0.05) is 11.5 Å². The Balaban J connectivity index is -0.00000144. The van der Waals surface area contributed by atoms with Crippen molar-refractivity contribution in [2.24, 2.45) is 0 Å². The molecule has 0 aromatic carbocycles. The SMILES string of the molecule is O=S(=O)([O-])CCCCCCCCCCS(=O)(=O)[O-].[Na+].[Na+]. The average molecular weight is 346 g/mol. The van der Waals surface area contributed by atoms with Crippen molar-refractivity contribution in [3.8, 4) is 0 Å². The van der Waals surface area contributed by atoms with Crippen LogP contribution in [-0.4, -0.2) is 37.4 Å². The number of hydrogen-bond donors (Lipinski definition) is 0. The Bertz CT molecular complexity index is 367. The molecule has 0 aliphatic heterocycles. The molecular formula is C10H20Na2O6S2. The number of unbranched alkanes of at least 4 members (excludes halogenated alkanes) is 7. The van der Waals surface area contributed by atoms with Crippen LogP contribution in [0, 0.1) is 0 Å². The smallest absolute Gasteiger partial charge is 0.748 e. The molecule has 0 radical (unpaired) electrons. The fourth-order valence-electron chi connectivity index (χ4n) is 1.62. The van der Waals surface area contributed by atoms with E-state index in [0.717, 1.165) is 38.5 Å². The molecule has 6 nitrogen and oxygen atoms in total. The van der Waals surface area contributed by atoms with Crippen molar-refractivity contribution in [3.63, 3.8) is 0 Å². The summed E-state index contributed by atoms with van der Waals surface area (Å²) in [5.74, 6) is -0.595. The van der Waals surface area contributed by atoms with Gasteiger partial charge in [0.2, 0.25) is 0 Å². The molecule has 0 unspecified atom stereocenters. The van der Waals surface area contributed by atoms with Gasteiger partial charge in [-0.3, -0.25) is 0 Å². The van der Waals surface area contributed by atoms with Gasteiger partial charge >= 0.3 is 59.1 Å². The van der Waals surface area contributed by atoms with Gasteiger partial charge in [-0.1, -0.05) is 38.5 Å².